The van der Waals surface area contributed by atoms with Gasteiger partial charge < -0.3 is 14.6 Å². The van der Waals surface area contributed by atoms with E-state index in [1.54, 1.807) is 19.1 Å². The molecule has 0 radical (unpaired) electrons. The van der Waals surface area contributed by atoms with Crippen molar-refractivity contribution in [2.45, 2.75) is 31.7 Å². The first-order valence-electron chi connectivity index (χ1n) is 5.60. The van der Waals surface area contributed by atoms with E-state index in [9.17, 15) is 9.50 Å². The lowest BCUT2D eigenvalue weighted by molar-refractivity contribution is -0.139. The fraction of sp³-hybridized carbons (Fsp3) is 0.538. The Bertz CT molecular complexity index is 392. The maximum absolute atomic E-state index is 13.1. The predicted molar refractivity (Wildman–Crippen MR) is 70.9 cm³/mol. The van der Waals surface area contributed by atoms with Crippen LogP contribution in [0.2, 0.25) is 0 Å². The van der Waals surface area contributed by atoms with Crippen LogP contribution in [0.1, 0.15) is 18.9 Å². The average Bonchev–Trinajstić information content (AvgIpc) is 2.30. The van der Waals surface area contributed by atoms with Crippen molar-refractivity contribution in [2.75, 3.05) is 14.2 Å². The molecule has 5 heteroatoms. The number of hydrogen-bond donors (Lipinski definition) is 1. The molecule has 1 rings (SSSR count). The van der Waals surface area contributed by atoms with Gasteiger partial charge in [-0.15, -0.1) is 0 Å². The van der Waals surface area contributed by atoms with Gasteiger partial charge in [-0.05, 0) is 40.5 Å². The van der Waals surface area contributed by atoms with E-state index in [4.69, 9.17) is 9.47 Å². The highest BCUT2D eigenvalue weighted by molar-refractivity contribution is 9.10. The van der Waals surface area contributed by atoms with E-state index in [2.05, 4.69) is 15.9 Å². The summed E-state index contributed by atoms with van der Waals surface area (Å²) in [5.41, 5.74) is -0.132. The highest BCUT2D eigenvalue weighted by Gasteiger charge is 2.26. The zero-order valence-electron chi connectivity index (χ0n) is 10.7. The minimum Gasteiger partial charge on any atom is -0.390 e. The van der Waals surface area contributed by atoms with Crippen molar-refractivity contribution in [1.29, 1.82) is 0 Å². The second-order valence-electron chi connectivity index (χ2n) is 4.53. The number of ether oxygens (including phenoxy) is 2. The molecule has 0 saturated carbocycles. The van der Waals surface area contributed by atoms with Gasteiger partial charge >= 0.3 is 0 Å². The summed E-state index contributed by atoms with van der Waals surface area (Å²) >= 11 is 3.13. The van der Waals surface area contributed by atoms with Gasteiger partial charge in [-0.1, -0.05) is 6.07 Å². The quantitative estimate of drug-likeness (QED) is 0.819. The summed E-state index contributed by atoms with van der Waals surface area (Å²) in [5, 5.41) is 10.3. The van der Waals surface area contributed by atoms with Gasteiger partial charge in [0.2, 0.25) is 0 Å². The van der Waals surface area contributed by atoms with Gasteiger partial charge in [0.05, 0.1) is 10.1 Å². The molecule has 0 heterocycles. The molecule has 3 nitrogen and oxygen atoms in total. The van der Waals surface area contributed by atoms with Gasteiger partial charge in [-0.25, -0.2) is 4.39 Å². The van der Waals surface area contributed by atoms with Crippen LogP contribution in [0.15, 0.2) is 22.7 Å². The summed E-state index contributed by atoms with van der Waals surface area (Å²) in [4.78, 5) is 0. The van der Waals surface area contributed by atoms with Crippen LogP contribution in [0.4, 0.5) is 4.39 Å². The molecule has 102 valence electrons. The first-order chi connectivity index (χ1) is 8.38. The van der Waals surface area contributed by atoms with Crippen LogP contribution in [0.5, 0.6) is 0 Å². The topological polar surface area (TPSA) is 38.7 Å². The van der Waals surface area contributed by atoms with Gasteiger partial charge in [-0.2, -0.15) is 0 Å². The van der Waals surface area contributed by atoms with Gasteiger partial charge in [0, 0.05) is 27.1 Å². The van der Waals surface area contributed by atoms with E-state index < -0.39 is 11.9 Å². The minimum absolute atomic E-state index is 0.315. The maximum Gasteiger partial charge on any atom is 0.159 e. The molecule has 18 heavy (non-hydrogen) atoms. The van der Waals surface area contributed by atoms with Crippen LogP contribution in [0, 0.1) is 5.82 Å². The van der Waals surface area contributed by atoms with Crippen molar-refractivity contribution in [2.24, 2.45) is 0 Å². The van der Waals surface area contributed by atoms with E-state index in [1.807, 2.05) is 0 Å². The van der Waals surface area contributed by atoms with Crippen LogP contribution in [0.25, 0.3) is 0 Å². The average molecular weight is 321 g/mol. The summed E-state index contributed by atoms with van der Waals surface area (Å²) in [5.74, 6) is -0.315. The predicted octanol–water partition coefficient (Wildman–Crippen LogP) is 2.89. The van der Waals surface area contributed by atoms with Crippen LogP contribution >= 0.6 is 15.9 Å². The molecule has 0 aliphatic rings. The van der Waals surface area contributed by atoms with Crippen LogP contribution in [0.3, 0.4) is 0 Å². The lowest BCUT2D eigenvalue weighted by Gasteiger charge is -2.27. The number of benzene rings is 1. The Hall–Kier alpha value is -0.490. The van der Waals surface area contributed by atoms with E-state index in [-0.39, 0.29) is 5.82 Å². The van der Waals surface area contributed by atoms with Crippen molar-refractivity contribution in [3.63, 3.8) is 0 Å². The molecule has 1 aromatic rings. The number of halogens is 2. The Balaban J connectivity index is 2.72. The third-order valence-electron chi connectivity index (χ3n) is 2.70. The normalized spacial score (nSPS) is 14.8. The van der Waals surface area contributed by atoms with Gasteiger partial charge in [0.1, 0.15) is 5.82 Å². The fourth-order valence-electron chi connectivity index (χ4n) is 1.78. The minimum atomic E-state index is -0.978. The number of rotatable bonds is 6. The van der Waals surface area contributed by atoms with Crippen molar-refractivity contribution in [1.82, 2.24) is 0 Å². The standard InChI is InChI=1S/C13H18BrFO3/c1-13(16,8-12(17-2)18-3)7-9-4-5-11(15)10(14)6-9/h4-6,12,16H,7-8H2,1-3H3. The van der Waals surface area contributed by atoms with Crippen molar-refractivity contribution < 1.29 is 19.0 Å². The molecule has 1 N–H and O–H groups in total. The van der Waals surface area contributed by atoms with E-state index in [1.165, 1.54) is 20.3 Å². The summed E-state index contributed by atoms with van der Waals surface area (Å²) in [6.45, 7) is 1.70. The highest BCUT2D eigenvalue weighted by atomic mass is 79.9. The molecule has 0 aliphatic heterocycles. The molecule has 0 amide bonds. The Labute approximate surface area is 115 Å². The lowest BCUT2D eigenvalue weighted by atomic mass is 9.93. The Morgan fingerprint density at radius 3 is 2.50 bits per heavy atom. The van der Waals surface area contributed by atoms with Gasteiger partial charge in [-0.3, -0.25) is 0 Å². The smallest absolute Gasteiger partial charge is 0.159 e. The number of aliphatic hydroxyl groups is 1. The molecule has 0 bridgehead atoms. The monoisotopic (exact) mass is 320 g/mol. The molecule has 0 aromatic heterocycles. The van der Waals surface area contributed by atoms with Crippen LogP contribution < -0.4 is 0 Å². The van der Waals surface area contributed by atoms with Crippen molar-refractivity contribution >= 4 is 15.9 Å². The van der Waals surface area contributed by atoms with Crippen molar-refractivity contribution in [3.05, 3.63) is 34.1 Å². The fourth-order valence-corrected chi connectivity index (χ4v) is 2.21. The molecular formula is C13H18BrFO3. The van der Waals surface area contributed by atoms with Crippen LogP contribution in [-0.2, 0) is 15.9 Å². The third kappa shape index (κ3) is 4.65. The Kier molecular flexibility index (Phi) is 5.72. The van der Waals surface area contributed by atoms with Gasteiger partial charge in [0.25, 0.3) is 0 Å². The molecule has 0 fully saturated rings. The summed E-state index contributed by atoms with van der Waals surface area (Å²) in [6, 6.07) is 4.70. The molecular weight excluding hydrogens is 303 g/mol. The first kappa shape index (κ1) is 15.6. The largest absolute Gasteiger partial charge is 0.390 e. The van der Waals surface area contributed by atoms with Gasteiger partial charge in [0.15, 0.2) is 6.29 Å². The zero-order valence-corrected chi connectivity index (χ0v) is 12.3. The highest BCUT2D eigenvalue weighted by Crippen LogP contribution is 2.23. The third-order valence-corrected chi connectivity index (χ3v) is 3.31. The number of hydrogen-bond acceptors (Lipinski definition) is 3. The Morgan fingerprint density at radius 1 is 1.39 bits per heavy atom. The summed E-state index contributed by atoms with van der Waals surface area (Å²) < 4.78 is 23.6. The lowest BCUT2D eigenvalue weighted by Crippen LogP contribution is -2.34. The Morgan fingerprint density at radius 2 is 2.00 bits per heavy atom. The second-order valence-corrected chi connectivity index (χ2v) is 5.38. The molecule has 1 atom stereocenters. The van der Waals surface area contributed by atoms with E-state index >= 15 is 0 Å². The SMILES string of the molecule is COC(CC(C)(O)Cc1ccc(F)c(Br)c1)OC. The zero-order chi connectivity index (χ0) is 13.8. The second kappa shape index (κ2) is 6.61. The maximum atomic E-state index is 13.1. The summed E-state index contributed by atoms with van der Waals surface area (Å²) in [6.07, 6.45) is 0.285. The molecule has 1 aromatic carbocycles. The van der Waals surface area contributed by atoms with Crippen LogP contribution in [-0.4, -0.2) is 31.2 Å². The molecule has 0 aliphatic carbocycles. The molecule has 1 unspecified atom stereocenters. The van der Waals surface area contributed by atoms with E-state index in [0.717, 1.165) is 5.56 Å². The number of methoxy groups -OCH3 is 2. The molecule has 0 saturated heterocycles. The van der Waals surface area contributed by atoms with Crippen molar-refractivity contribution in [3.8, 4) is 0 Å². The molecule has 0 spiro atoms. The summed E-state index contributed by atoms with van der Waals surface area (Å²) in [7, 11) is 3.05. The first-order valence-corrected chi connectivity index (χ1v) is 6.39. The van der Waals surface area contributed by atoms with E-state index in [0.29, 0.717) is 17.3 Å².